The van der Waals surface area contributed by atoms with Crippen molar-refractivity contribution < 1.29 is 19.1 Å². The van der Waals surface area contributed by atoms with E-state index < -0.39 is 0 Å². The predicted octanol–water partition coefficient (Wildman–Crippen LogP) is 2.24. The molecule has 1 atom stereocenters. The van der Waals surface area contributed by atoms with Crippen LogP contribution in [0.3, 0.4) is 0 Å². The zero-order valence-electron chi connectivity index (χ0n) is 17.3. The van der Waals surface area contributed by atoms with Gasteiger partial charge in [0.25, 0.3) is 5.91 Å². The maximum Gasteiger partial charge on any atom is 0.265 e. The van der Waals surface area contributed by atoms with E-state index in [9.17, 15) is 14.4 Å². The molecule has 7 nitrogen and oxygen atoms in total. The molecule has 0 bridgehead atoms. The van der Waals surface area contributed by atoms with Crippen LogP contribution in [-0.4, -0.2) is 61.3 Å². The van der Waals surface area contributed by atoms with Gasteiger partial charge in [0.1, 0.15) is 12.3 Å². The van der Waals surface area contributed by atoms with Crippen LogP contribution in [0, 0.1) is 0 Å². The van der Waals surface area contributed by atoms with Gasteiger partial charge in [-0.1, -0.05) is 13.8 Å². The fourth-order valence-electron chi connectivity index (χ4n) is 3.29. The molecule has 0 radical (unpaired) electrons. The van der Waals surface area contributed by atoms with Crippen molar-refractivity contribution in [1.82, 2.24) is 10.2 Å². The fourth-order valence-corrected chi connectivity index (χ4v) is 3.29. The highest BCUT2D eigenvalue weighted by Crippen LogP contribution is 2.33. The molecule has 0 aromatic heterocycles. The van der Waals surface area contributed by atoms with Crippen LogP contribution < -0.4 is 15.0 Å². The number of carbonyl (C=O) groups excluding carboxylic acids is 3. The topological polar surface area (TPSA) is 79.0 Å². The van der Waals surface area contributed by atoms with Crippen LogP contribution in [-0.2, 0) is 9.59 Å². The van der Waals surface area contributed by atoms with E-state index in [0.717, 1.165) is 32.5 Å². The van der Waals surface area contributed by atoms with Crippen molar-refractivity contribution in [2.45, 2.75) is 46.6 Å². The van der Waals surface area contributed by atoms with Gasteiger partial charge in [-0.15, -0.1) is 0 Å². The largest absolute Gasteiger partial charge is 0.482 e. The van der Waals surface area contributed by atoms with Gasteiger partial charge < -0.3 is 15.0 Å². The normalized spacial score (nSPS) is 14.5. The predicted molar refractivity (Wildman–Crippen MR) is 109 cm³/mol. The summed E-state index contributed by atoms with van der Waals surface area (Å²) in [4.78, 5) is 40.2. The number of hydrogen-bond donors (Lipinski definition) is 1. The number of amides is 2. The Bertz CT molecular complexity index is 716. The highest BCUT2D eigenvalue weighted by Gasteiger charge is 2.28. The van der Waals surface area contributed by atoms with Crippen LogP contribution in [0.25, 0.3) is 0 Å². The second-order valence-corrected chi connectivity index (χ2v) is 7.14. The smallest absolute Gasteiger partial charge is 0.265 e. The molecule has 7 heteroatoms. The van der Waals surface area contributed by atoms with Gasteiger partial charge in [0.15, 0.2) is 12.4 Å². The first-order valence-corrected chi connectivity index (χ1v) is 9.95. The van der Waals surface area contributed by atoms with Crippen molar-refractivity contribution in [3.63, 3.8) is 0 Å². The van der Waals surface area contributed by atoms with Gasteiger partial charge in [0.05, 0.1) is 5.69 Å². The van der Waals surface area contributed by atoms with Crippen LogP contribution in [0.1, 0.15) is 50.9 Å². The van der Waals surface area contributed by atoms with Crippen LogP contribution in [0.4, 0.5) is 5.69 Å². The van der Waals surface area contributed by atoms with Gasteiger partial charge >= 0.3 is 0 Å². The molecular weight excluding hydrogens is 358 g/mol. The average molecular weight is 389 g/mol. The zero-order chi connectivity index (χ0) is 20.7. The second kappa shape index (κ2) is 10.2. The number of Topliss-reactive ketones (excluding diaryl/α,β-unsaturated/α-hetero) is 1. The third-order valence-corrected chi connectivity index (χ3v) is 5.02. The molecule has 1 aliphatic rings. The van der Waals surface area contributed by atoms with Crippen LogP contribution in [0.5, 0.6) is 5.75 Å². The molecule has 0 saturated carbocycles. The first-order chi connectivity index (χ1) is 13.3. The summed E-state index contributed by atoms with van der Waals surface area (Å²) in [5, 5.41) is 2.97. The van der Waals surface area contributed by atoms with Gasteiger partial charge in [-0.2, -0.15) is 0 Å². The van der Waals surface area contributed by atoms with Crippen molar-refractivity contribution >= 4 is 23.3 Å². The Hall–Kier alpha value is -2.41. The summed E-state index contributed by atoms with van der Waals surface area (Å²) in [6.07, 6.45) is 1.88. The number of ether oxygens (including phenoxy) is 1. The number of nitrogens with zero attached hydrogens (tertiary/aromatic N) is 2. The molecule has 28 heavy (non-hydrogen) atoms. The molecule has 1 aliphatic heterocycles. The van der Waals surface area contributed by atoms with E-state index in [0.29, 0.717) is 17.0 Å². The van der Waals surface area contributed by atoms with Gasteiger partial charge in [-0.05, 0) is 64.5 Å². The molecular formula is C21H31N3O4. The Balaban J connectivity index is 1.95. The van der Waals surface area contributed by atoms with Crippen molar-refractivity contribution in [2.75, 3.05) is 37.7 Å². The van der Waals surface area contributed by atoms with E-state index in [-0.39, 0.29) is 36.8 Å². The average Bonchev–Trinajstić information content (AvgIpc) is 2.67. The number of benzene rings is 1. The molecule has 0 fully saturated rings. The summed E-state index contributed by atoms with van der Waals surface area (Å²) in [7, 11) is 0. The lowest BCUT2D eigenvalue weighted by Gasteiger charge is -2.29. The number of hydrogen-bond acceptors (Lipinski definition) is 5. The monoisotopic (exact) mass is 389 g/mol. The molecule has 1 aromatic carbocycles. The van der Waals surface area contributed by atoms with Crippen LogP contribution in [0.2, 0.25) is 0 Å². The van der Waals surface area contributed by atoms with Crippen molar-refractivity contribution in [3.8, 4) is 5.75 Å². The summed E-state index contributed by atoms with van der Waals surface area (Å²) in [5.74, 6) is -0.112. The van der Waals surface area contributed by atoms with E-state index in [1.165, 1.54) is 11.8 Å². The van der Waals surface area contributed by atoms with Crippen LogP contribution >= 0.6 is 0 Å². The van der Waals surface area contributed by atoms with Gasteiger partial charge in [-0.25, -0.2) is 0 Å². The van der Waals surface area contributed by atoms with Crippen molar-refractivity contribution in [1.29, 1.82) is 0 Å². The fraction of sp³-hybridized carbons (Fsp3) is 0.571. The third-order valence-electron chi connectivity index (χ3n) is 5.02. The van der Waals surface area contributed by atoms with Gasteiger partial charge in [-0.3, -0.25) is 19.3 Å². The Labute approximate surface area is 167 Å². The quantitative estimate of drug-likeness (QED) is 0.621. The second-order valence-electron chi connectivity index (χ2n) is 7.14. The summed E-state index contributed by atoms with van der Waals surface area (Å²) in [6, 6.07) is 4.96. The molecule has 2 amide bonds. The van der Waals surface area contributed by atoms with Gasteiger partial charge in [0, 0.05) is 11.6 Å². The summed E-state index contributed by atoms with van der Waals surface area (Å²) in [6.45, 7) is 10.6. The summed E-state index contributed by atoms with van der Waals surface area (Å²) in [5.41, 5.74) is 0.945. The summed E-state index contributed by atoms with van der Waals surface area (Å²) >= 11 is 0. The van der Waals surface area contributed by atoms with E-state index >= 15 is 0 Å². The van der Waals surface area contributed by atoms with Crippen molar-refractivity contribution in [3.05, 3.63) is 23.8 Å². The molecule has 0 spiro atoms. The minimum Gasteiger partial charge on any atom is -0.482 e. The third kappa shape index (κ3) is 5.79. The number of anilines is 1. The lowest BCUT2D eigenvalue weighted by atomic mass is 10.1. The van der Waals surface area contributed by atoms with E-state index in [2.05, 4.69) is 24.1 Å². The molecule has 1 N–H and O–H groups in total. The number of carbonyl (C=O) groups is 3. The first-order valence-electron chi connectivity index (χ1n) is 9.95. The SMILES string of the molecule is CCN(CC)CCC[C@H](C)NC(=O)CN1C(=O)COc2ccc(C(C)=O)cc21. The standard InChI is InChI=1S/C21H31N3O4/c1-5-23(6-2)11-7-8-15(3)22-20(26)13-24-18-12-17(16(4)25)9-10-19(18)28-14-21(24)27/h9-10,12,15H,5-8,11,13-14H2,1-4H3,(H,22,26)/t15-/m0/s1. The van der Waals surface area contributed by atoms with Gasteiger partial charge in [0.2, 0.25) is 5.91 Å². The maximum atomic E-state index is 12.5. The lowest BCUT2D eigenvalue weighted by molar-refractivity contribution is -0.125. The lowest BCUT2D eigenvalue weighted by Crippen LogP contribution is -2.47. The highest BCUT2D eigenvalue weighted by atomic mass is 16.5. The molecule has 0 saturated heterocycles. The van der Waals surface area contributed by atoms with Crippen LogP contribution in [0.15, 0.2) is 18.2 Å². The van der Waals surface area contributed by atoms with E-state index in [1.54, 1.807) is 18.2 Å². The van der Waals surface area contributed by atoms with E-state index in [1.807, 2.05) is 6.92 Å². The molecule has 2 rings (SSSR count). The van der Waals surface area contributed by atoms with Crippen molar-refractivity contribution in [2.24, 2.45) is 0 Å². The number of fused-ring (bicyclic) bond motifs is 1. The Morgan fingerprint density at radius 2 is 2.00 bits per heavy atom. The Morgan fingerprint density at radius 1 is 1.29 bits per heavy atom. The first kappa shape index (κ1) is 21.9. The zero-order valence-corrected chi connectivity index (χ0v) is 17.3. The molecule has 0 aliphatic carbocycles. The van der Waals surface area contributed by atoms with E-state index in [4.69, 9.17) is 4.74 Å². The number of nitrogens with one attached hydrogen (secondary N) is 1. The molecule has 154 valence electrons. The minimum absolute atomic E-state index is 0.0298. The molecule has 1 aromatic rings. The molecule has 0 unspecified atom stereocenters. The Kier molecular flexibility index (Phi) is 7.99. The molecule has 1 heterocycles. The number of ketones is 1. The number of rotatable bonds is 10. The minimum atomic E-state index is -0.294. The summed E-state index contributed by atoms with van der Waals surface area (Å²) < 4.78 is 5.42. The maximum absolute atomic E-state index is 12.5. The highest BCUT2D eigenvalue weighted by molar-refractivity contribution is 6.04. The Morgan fingerprint density at radius 3 is 2.64 bits per heavy atom.